The van der Waals surface area contributed by atoms with Crippen molar-refractivity contribution in [3.63, 3.8) is 0 Å². The number of carboxylic acid groups (broad SMARTS) is 1. The molecule has 1 aromatic heterocycles. The lowest BCUT2D eigenvalue weighted by Gasteiger charge is -2.28. The van der Waals surface area contributed by atoms with Crippen LogP contribution in [-0.2, 0) is 4.79 Å². The van der Waals surface area contributed by atoms with Gasteiger partial charge < -0.3 is 10.0 Å². The summed E-state index contributed by atoms with van der Waals surface area (Å²) in [6, 6.07) is 0. The van der Waals surface area contributed by atoms with Crippen molar-refractivity contribution in [2.45, 2.75) is 20.3 Å². The number of aromatic nitrogens is 2. The molecule has 1 aliphatic rings. The molecule has 1 N–H and O–H groups in total. The van der Waals surface area contributed by atoms with Crippen LogP contribution in [0.1, 0.15) is 30.8 Å². The Morgan fingerprint density at radius 2 is 2.28 bits per heavy atom. The molecule has 98 valence electrons. The van der Waals surface area contributed by atoms with Crippen LogP contribution in [0, 0.1) is 11.3 Å². The molecule has 1 atom stereocenters. The number of carbonyl (C=O) groups excluding carboxylic acids is 1. The normalized spacial score (nSPS) is 23.6. The van der Waals surface area contributed by atoms with Crippen molar-refractivity contribution in [2.24, 2.45) is 11.3 Å². The van der Waals surface area contributed by atoms with Crippen molar-refractivity contribution in [2.75, 3.05) is 13.1 Å². The summed E-state index contributed by atoms with van der Waals surface area (Å²) in [6.45, 7) is 4.47. The van der Waals surface area contributed by atoms with Crippen LogP contribution in [0.4, 0.5) is 0 Å². The Morgan fingerprint density at radius 1 is 1.56 bits per heavy atom. The molecule has 0 spiro atoms. The fourth-order valence-corrected chi connectivity index (χ4v) is 2.73. The zero-order chi connectivity index (χ0) is 13.3. The van der Waals surface area contributed by atoms with E-state index in [0.717, 1.165) is 11.7 Å². The predicted octanol–water partition coefficient (Wildman–Crippen LogP) is 1.11. The van der Waals surface area contributed by atoms with Crippen LogP contribution in [0.25, 0.3) is 0 Å². The van der Waals surface area contributed by atoms with E-state index in [9.17, 15) is 14.7 Å². The third kappa shape index (κ3) is 1.98. The van der Waals surface area contributed by atoms with E-state index in [2.05, 4.69) is 8.75 Å². The van der Waals surface area contributed by atoms with Gasteiger partial charge in [0.2, 0.25) is 0 Å². The minimum atomic E-state index is -0.834. The highest BCUT2D eigenvalue weighted by Gasteiger charge is 2.48. The number of likely N-dealkylation sites (tertiary alicyclic amines) is 1. The molecule has 7 heteroatoms. The highest BCUT2D eigenvalue weighted by atomic mass is 32.1. The van der Waals surface area contributed by atoms with Gasteiger partial charge in [-0.3, -0.25) is 9.59 Å². The molecule has 1 aliphatic heterocycles. The molecule has 1 amide bonds. The van der Waals surface area contributed by atoms with Gasteiger partial charge >= 0.3 is 5.97 Å². The maximum absolute atomic E-state index is 12.1. The summed E-state index contributed by atoms with van der Waals surface area (Å²) in [5.41, 5.74) is -0.538. The number of carbonyl (C=O) groups is 2. The third-order valence-electron chi connectivity index (χ3n) is 3.70. The molecule has 0 aromatic carbocycles. The van der Waals surface area contributed by atoms with Gasteiger partial charge in [-0.2, -0.15) is 8.75 Å². The second-order valence-corrected chi connectivity index (χ2v) is 5.44. The van der Waals surface area contributed by atoms with Gasteiger partial charge in [-0.15, -0.1) is 0 Å². The van der Waals surface area contributed by atoms with E-state index >= 15 is 0 Å². The van der Waals surface area contributed by atoms with Crippen molar-refractivity contribution in [3.8, 4) is 0 Å². The van der Waals surface area contributed by atoms with Crippen LogP contribution in [0.2, 0.25) is 0 Å². The van der Waals surface area contributed by atoms with E-state index in [4.69, 9.17) is 0 Å². The highest BCUT2D eigenvalue weighted by molar-refractivity contribution is 6.99. The Hall–Kier alpha value is -1.50. The molecule has 1 saturated heterocycles. The highest BCUT2D eigenvalue weighted by Crippen LogP contribution is 2.38. The summed E-state index contributed by atoms with van der Waals surface area (Å²) in [6.07, 6.45) is 1.91. The molecule has 0 saturated carbocycles. The van der Waals surface area contributed by atoms with Crippen LogP contribution in [0.3, 0.4) is 0 Å². The van der Waals surface area contributed by atoms with Crippen molar-refractivity contribution < 1.29 is 14.7 Å². The van der Waals surface area contributed by atoms with Crippen molar-refractivity contribution in [3.05, 3.63) is 11.9 Å². The fraction of sp³-hybridized carbons (Fsp3) is 0.636. The van der Waals surface area contributed by atoms with E-state index in [0.29, 0.717) is 18.7 Å². The first-order valence-electron chi connectivity index (χ1n) is 5.77. The van der Waals surface area contributed by atoms with E-state index in [-0.39, 0.29) is 18.4 Å². The summed E-state index contributed by atoms with van der Waals surface area (Å²) in [5, 5.41) is 9.40. The van der Waals surface area contributed by atoms with Gasteiger partial charge in [-0.1, -0.05) is 13.8 Å². The van der Waals surface area contributed by atoms with Crippen molar-refractivity contribution in [1.29, 1.82) is 0 Å². The third-order valence-corrected chi connectivity index (χ3v) is 4.18. The Labute approximate surface area is 109 Å². The van der Waals surface area contributed by atoms with E-state index in [1.165, 1.54) is 6.20 Å². The van der Waals surface area contributed by atoms with Gasteiger partial charge in [0.1, 0.15) is 0 Å². The largest absolute Gasteiger partial charge is 0.481 e. The quantitative estimate of drug-likeness (QED) is 0.888. The number of hydrogen-bond donors (Lipinski definition) is 1. The minimum absolute atomic E-state index is 0.0126. The summed E-state index contributed by atoms with van der Waals surface area (Å²) >= 11 is 0.975. The molecule has 1 unspecified atom stereocenters. The number of nitrogens with zero attached hydrogens (tertiary/aromatic N) is 3. The summed E-state index contributed by atoms with van der Waals surface area (Å²) in [4.78, 5) is 25.1. The second kappa shape index (κ2) is 4.64. The van der Waals surface area contributed by atoms with Crippen LogP contribution in [0.15, 0.2) is 6.20 Å². The maximum atomic E-state index is 12.1. The van der Waals surface area contributed by atoms with Gasteiger partial charge in [0.25, 0.3) is 5.91 Å². The van der Waals surface area contributed by atoms with Crippen molar-refractivity contribution >= 4 is 23.6 Å². The molecule has 2 rings (SSSR count). The van der Waals surface area contributed by atoms with Gasteiger partial charge in [-0.05, 0) is 12.3 Å². The van der Waals surface area contributed by atoms with E-state index < -0.39 is 11.4 Å². The van der Waals surface area contributed by atoms with Crippen LogP contribution in [0.5, 0.6) is 0 Å². The smallest absolute Gasteiger partial charge is 0.311 e. The molecule has 1 fully saturated rings. The maximum Gasteiger partial charge on any atom is 0.311 e. The Balaban J connectivity index is 2.17. The van der Waals surface area contributed by atoms with Gasteiger partial charge in [0, 0.05) is 13.1 Å². The SMILES string of the molecule is CC(C)C1(C(=O)O)CCN(C(=O)c2cnsn2)C1. The minimum Gasteiger partial charge on any atom is -0.481 e. The zero-order valence-electron chi connectivity index (χ0n) is 10.3. The predicted molar refractivity (Wildman–Crippen MR) is 65.3 cm³/mol. The number of amides is 1. The summed E-state index contributed by atoms with van der Waals surface area (Å²) < 4.78 is 7.68. The zero-order valence-corrected chi connectivity index (χ0v) is 11.1. The second-order valence-electron chi connectivity index (χ2n) is 4.89. The first kappa shape index (κ1) is 12.9. The molecule has 0 aliphatic carbocycles. The molecular formula is C11H15N3O3S. The first-order valence-corrected chi connectivity index (χ1v) is 6.50. The molecule has 18 heavy (non-hydrogen) atoms. The van der Waals surface area contributed by atoms with E-state index in [1.807, 2.05) is 13.8 Å². The molecule has 1 aromatic rings. The number of aliphatic carboxylic acids is 1. The summed E-state index contributed by atoms with van der Waals surface area (Å²) in [5.74, 6) is -1.07. The molecule has 0 bridgehead atoms. The average Bonchev–Trinajstić information content (AvgIpc) is 2.98. The number of rotatable bonds is 3. The number of carboxylic acids is 1. The van der Waals surface area contributed by atoms with E-state index in [1.54, 1.807) is 4.90 Å². The van der Waals surface area contributed by atoms with Crippen LogP contribution < -0.4 is 0 Å². The standard InChI is InChI=1S/C11H15N3O3S/c1-7(2)11(10(16)17)3-4-14(6-11)9(15)8-5-12-18-13-8/h5,7H,3-4,6H2,1-2H3,(H,16,17). The average molecular weight is 269 g/mol. The monoisotopic (exact) mass is 269 g/mol. The number of hydrogen-bond acceptors (Lipinski definition) is 5. The van der Waals surface area contributed by atoms with Gasteiger partial charge in [0.15, 0.2) is 5.69 Å². The Morgan fingerprint density at radius 3 is 2.72 bits per heavy atom. The molecule has 2 heterocycles. The fourth-order valence-electron chi connectivity index (χ4n) is 2.32. The summed E-state index contributed by atoms with van der Waals surface area (Å²) in [7, 11) is 0. The molecule has 6 nitrogen and oxygen atoms in total. The topological polar surface area (TPSA) is 83.4 Å². The van der Waals surface area contributed by atoms with Crippen LogP contribution in [-0.4, -0.2) is 43.7 Å². The lowest BCUT2D eigenvalue weighted by Crippen LogP contribution is -2.40. The Kier molecular flexibility index (Phi) is 3.34. The lowest BCUT2D eigenvalue weighted by atomic mass is 9.76. The van der Waals surface area contributed by atoms with Gasteiger partial charge in [-0.25, -0.2) is 0 Å². The Bertz CT molecular complexity index is 460. The van der Waals surface area contributed by atoms with Crippen molar-refractivity contribution in [1.82, 2.24) is 13.6 Å². The van der Waals surface area contributed by atoms with Gasteiger partial charge in [0.05, 0.1) is 23.3 Å². The lowest BCUT2D eigenvalue weighted by molar-refractivity contribution is -0.150. The van der Waals surface area contributed by atoms with Crippen LogP contribution >= 0.6 is 11.7 Å². The molecular weight excluding hydrogens is 254 g/mol. The first-order chi connectivity index (χ1) is 8.47. The molecule has 0 radical (unpaired) electrons.